The molecule has 3 aromatic heterocycles. The number of hydrogen-bond donors (Lipinski definition) is 3. The summed E-state index contributed by atoms with van der Waals surface area (Å²) in [6.07, 6.45) is 5.35. The summed E-state index contributed by atoms with van der Waals surface area (Å²) in [6, 6.07) is 52.0. The van der Waals surface area contributed by atoms with E-state index in [1.807, 2.05) is 109 Å². The first-order valence-electron chi connectivity index (χ1n) is 18.0. The van der Waals surface area contributed by atoms with Gasteiger partial charge in [-0.3, -0.25) is 9.97 Å². The zero-order valence-corrected chi connectivity index (χ0v) is 32.0. The van der Waals surface area contributed by atoms with Gasteiger partial charge in [-0.1, -0.05) is 128 Å². The molecule has 0 aliphatic heterocycles. The molecule has 58 heavy (non-hydrogen) atoms. The van der Waals surface area contributed by atoms with E-state index in [9.17, 15) is 5.11 Å². The second kappa shape index (κ2) is 20.9. The van der Waals surface area contributed by atoms with Crippen LogP contribution in [-0.4, -0.2) is 51.4 Å². The number of phenols is 1. The van der Waals surface area contributed by atoms with Crippen molar-refractivity contribution in [1.29, 1.82) is 0 Å². The molecule has 8 nitrogen and oxygen atoms in total. The molecule has 3 heterocycles. The topological polar surface area (TPSA) is 118 Å². The maximum absolute atomic E-state index is 9.52. The van der Waals surface area contributed by atoms with Crippen molar-refractivity contribution in [1.82, 2.24) is 15.0 Å². The van der Waals surface area contributed by atoms with Gasteiger partial charge >= 0.3 is 7.12 Å². The Balaban J connectivity index is 0.000000150. The number of ether oxygens (including phenoxy) is 2. The predicted molar refractivity (Wildman–Crippen MR) is 239 cm³/mol. The van der Waals surface area contributed by atoms with Gasteiger partial charge < -0.3 is 24.6 Å². The SMILES string of the molecule is C.COc1cccc(-c2nccc3ccccc23)c1.COc1cccc(B(O)O)c1.Clc1nccc2ccccc12.Oc1cccc(-c2nccc3ccccc23)c1. The minimum absolute atomic E-state index is 0. The second-order valence-electron chi connectivity index (χ2n) is 12.5. The van der Waals surface area contributed by atoms with Crippen LogP contribution in [0.3, 0.4) is 0 Å². The summed E-state index contributed by atoms with van der Waals surface area (Å²) in [6.45, 7) is 0. The van der Waals surface area contributed by atoms with Crippen molar-refractivity contribution in [2.24, 2.45) is 0 Å². The van der Waals surface area contributed by atoms with Crippen molar-refractivity contribution in [3.8, 4) is 39.8 Å². The van der Waals surface area contributed by atoms with Gasteiger partial charge in [-0.15, -0.1) is 0 Å². The lowest BCUT2D eigenvalue weighted by molar-refractivity contribution is 0.412. The number of benzene rings is 6. The van der Waals surface area contributed by atoms with Crippen molar-refractivity contribution in [2.45, 2.75) is 7.43 Å². The highest BCUT2D eigenvalue weighted by atomic mass is 35.5. The molecule has 0 amide bonds. The number of phenolic OH excluding ortho intramolecular Hbond substituents is 1. The lowest BCUT2D eigenvalue weighted by Crippen LogP contribution is -2.29. The molecule has 9 rings (SSSR count). The Morgan fingerprint density at radius 1 is 0.483 bits per heavy atom. The Kier molecular flexibility index (Phi) is 15.3. The molecule has 6 aromatic carbocycles. The standard InChI is InChI=1S/C16H13NO.C15H11NO.C9H6ClN.C7H9BO3.CH4/c1-18-14-7-4-6-13(11-14)16-15-8-3-2-5-12(15)9-10-17-16;17-13-6-3-5-12(10-13)15-14-7-2-1-4-11(14)8-9-16-15;10-9-8-4-2-1-3-7(8)5-6-11-9;1-11-7-4-2-3-6(5-7)8(9)10;/h2-11H,1H3;1-10,17H;1-6H;2-5,9-10H,1H3;1H4. The maximum atomic E-state index is 9.52. The number of aromatic hydroxyl groups is 1. The number of aromatic nitrogens is 3. The summed E-state index contributed by atoms with van der Waals surface area (Å²) in [5.41, 5.74) is 4.34. The third-order valence-electron chi connectivity index (χ3n) is 8.83. The fraction of sp³-hybridized carbons (Fsp3) is 0.0625. The highest BCUT2D eigenvalue weighted by Gasteiger charge is 2.10. The molecule has 0 aliphatic carbocycles. The number of nitrogens with zero attached hydrogens (tertiary/aromatic N) is 3. The molecule has 0 bridgehead atoms. The molecule has 10 heteroatoms. The highest BCUT2D eigenvalue weighted by Crippen LogP contribution is 2.29. The zero-order chi connectivity index (χ0) is 40.0. The number of methoxy groups -OCH3 is 2. The van der Waals surface area contributed by atoms with Crippen molar-refractivity contribution >= 4 is 56.5 Å². The molecule has 0 unspecified atom stereocenters. The third kappa shape index (κ3) is 11.0. The van der Waals surface area contributed by atoms with Crippen LogP contribution in [0.2, 0.25) is 5.15 Å². The second-order valence-corrected chi connectivity index (χ2v) is 12.9. The first kappa shape index (κ1) is 42.4. The van der Waals surface area contributed by atoms with Gasteiger partial charge in [0.15, 0.2) is 0 Å². The van der Waals surface area contributed by atoms with Gasteiger partial charge in [0.2, 0.25) is 0 Å². The zero-order valence-electron chi connectivity index (χ0n) is 31.3. The summed E-state index contributed by atoms with van der Waals surface area (Å²) < 4.78 is 10.1. The van der Waals surface area contributed by atoms with Gasteiger partial charge in [-0.05, 0) is 76.2 Å². The summed E-state index contributed by atoms with van der Waals surface area (Å²) in [7, 11) is 1.78. The average molecular weight is 788 g/mol. The van der Waals surface area contributed by atoms with Crippen LogP contribution in [0.4, 0.5) is 0 Å². The molecular weight excluding hydrogens is 745 g/mol. The lowest BCUT2D eigenvalue weighted by Gasteiger charge is -2.07. The molecule has 0 fully saturated rings. The molecule has 0 radical (unpaired) electrons. The summed E-state index contributed by atoms with van der Waals surface area (Å²) in [5, 5.41) is 34.3. The molecule has 0 saturated carbocycles. The van der Waals surface area contributed by atoms with E-state index in [1.54, 1.807) is 55.9 Å². The summed E-state index contributed by atoms with van der Waals surface area (Å²) in [5.74, 6) is 1.73. The van der Waals surface area contributed by atoms with Crippen LogP contribution in [-0.2, 0) is 0 Å². The molecule has 0 aliphatic rings. The van der Waals surface area contributed by atoms with Crippen LogP contribution in [0.25, 0.3) is 54.8 Å². The Morgan fingerprint density at radius 2 is 0.931 bits per heavy atom. The quantitative estimate of drug-likeness (QED) is 0.117. The van der Waals surface area contributed by atoms with E-state index in [2.05, 4.69) is 39.2 Å². The largest absolute Gasteiger partial charge is 0.508 e. The summed E-state index contributed by atoms with van der Waals surface area (Å²) in [4.78, 5) is 12.9. The van der Waals surface area contributed by atoms with Gasteiger partial charge in [-0.25, -0.2) is 4.98 Å². The first-order chi connectivity index (χ1) is 27.8. The lowest BCUT2D eigenvalue weighted by atomic mass is 9.80. The molecule has 0 saturated heterocycles. The summed E-state index contributed by atoms with van der Waals surface area (Å²) >= 11 is 5.85. The molecule has 3 N–H and O–H groups in total. The molecule has 0 spiro atoms. The van der Waals surface area contributed by atoms with Gasteiger partial charge in [-0.2, -0.15) is 0 Å². The number of hydrogen-bond acceptors (Lipinski definition) is 8. The van der Waals surface area contributed by atoms with E-state index in [-0.39, 0.29) is 13.2 Å². The fourth-order valence-electron chi connectivity index (χ4n) is 6.01. The van der Waals surface area contributed by atoms with E-state index < -0.39 is 7.12 Å². The van der Waals surface area contributed by atoms with Crippen LogP contribution < -0.4 is 14.9 Å². The number of halogens is 1. The molecule has 0 atom stereocenters. The van der Waals surface area contributed by atoms with E-state index in [0.717, 1.165) is 55.2 Å². The van der Waals surface area contributed by atoms with Crippen molar-refractivity contribution in [2.75, 3.05) is 14.2 Å². The number of rotatable bonds is 5. The highest BCUT2D eigenvalue weighted by molar-refractivity contribution is 6.58. The van der Waals surface area contributed by atoms with Crippen LogP contribution in [0.1, 0.15) is 7.43 Å². The van der Waals surface area contributed by atoms with Gasteiger partial charge in [0.25, 0.3) is 0 Å². The smallest absolute Gasteiger partial charge is 0.488 e. The van der Waals surface area contributed by atoms with Crippen LogP contribution in [0, 0.1) is 0 Å². The van der Waals surface area contributed by atoms with E-state index in [1.165, 1.54) is 12.5 Å². The third-order valence-corrected chi connectivity index (χ3v) is 9.13. The monoisotopic (exact) mass is 787 g/mol. The van der Waals surface area contributed by atoms with Crippen molar-refractivity contribution in [3.05, 3.63) is 188 Å². The fourth-order valence-corrected chi connectivity index (χ4v) is 6.24. The molecule has 290 valence electrons. The minimum atomic E-state index is -1.43. The van der Waals surface area contributed by atoms with Crippen LogP contribution in [0.5, 0.6) is 17.2 Å². The Morgan fingerprint density at radius 3 is 1.45 bits per heavy atom. The van der Waals surface area contributed by atoms with Gasteiger partial charge in [0.05, 0.1) is 25.6 Å². The Bertz CT molecular complexity index is 2700. The molecular formula is C48H43BClN3O5. The number of pyridine rings is 3. The maximum Gasteiger partial charge on any atom is 0.488 e. The van der Waals surface area contributed by atoms with E-state index >= 15 is 0 Å². The Hall–Kier alpha value is -6.78. The predicted octanol–water partition coefficient (Wildman–Crippen LogP) is 10.4. The van der Waals surface area contributed by atoms with Crippen molar-refractivity contribution in [3.63, 3.8) is 0 Å². The van der Waals surface area contributed by atoms with Crippen LogP contribution >= 0.6 is 11.6 Å². The molecule has 9 aromatic rings. The van der Waals surface area contributed by atoms with E-state index in [4.69, 9.17) is 31.1 Å². The number of fused-ring (bicyclic) bond motifs is 3. The van der Waals surface area contributed by atoms with E-state index in [0.29, 0.717) is 16.4 Å². The normalized spacial score (nSPS) is 10.1. The average Bonchev–Trinajstić information content (AvgIpc) is 3.27. The first-order valence-corrected chi connectivity index (χ1v) is 18.3. The van der Waals surface area contributed by atoms with Gasteiger partial charge in [0, 0.05) is 45.9 Å². The van der Waals surface area contributed by atoms with Crippen LogP contribution in [0.15, 0.2) is 182 Å². The minimum Gasteiger partial charge on any atom is -0.508 e. The van der Waals surface area contributed by atoms with Gasteiger partial charge in [0.1, 0.15) is 22.4 Å². The Labute approximate surface area is 343 Å². The van der Waals surface area contributed by atoms with Crippen molar-refractivity contribution < 1.29 is 24.6 Å².